The summed E-state index contributed by atoms with van der Waals surface area (Å²) in [7, 11) is 5.44. The second-order valence-electron chi connectivity index (χ2n) is 1.96. The molecule has 0 unspecified atom stereocenters. The van der Waals surface area contributed by atoms with Crippen LogP contribution in [0.3, 0.4) is 0 Å². The van der Waals surface area contributed by atoms with E-state index in [-0.39, 0.29) is 0 Å². The summed E-state index contributed by atoms with van der Waals surface area (Å²) in [6, 6.07) is 0. The van der Waals surface area contributed by atoms with Crippen molar-refractivity contribution < 1.29 is 0 Å². The SMILES string of the molecule is [CH2]NCc1cn(C)cn1. The van der Waals surface area contributed by atoms with E-state index in [2.05, 4.69) is 17.3 Å². The van der Waals surface area contributed by atoms with E-state index in [9.17, 15) is 0 Å². The molecular weight excluding hydrogens is 114 g/mol. The Kier molecular flexibility index (Phi) is 1.85. The minimum Gasteiger partial charge on any atom is -0.340 e. The molecule has 49 valence electrons. The van der Waals surface area contributed by atoms with Gasteiger partial charge in [0.25, 0.3) is 0 Å². The summed E-state index contributed by atoms with van der Waals surface area (Å²) in [5.41, 5.74) is 1.02. The first kappa shape index (κ1) is 6.29. The molecular formula is C6H10N3. The molecule has 0 atom stereocenters. The van der Waals surface area contributed by atoms with Crippen molar-refractivity contribution in [1.82, 2.24) is 14.9 Å². The van der Waals surface area contributed by atoms with E-state index < -0.39 is 0 Å². The molecule has 0 aliphatic rings. The molecule has 0 aliphatic carbocycles. The molecule has 0 aliphatic heterocycles. The predicted molar refractivity (Wildman–Crippen MR) is 35.4 cm³/mol. The van der Waals surface area contributed by atoms with Crippen LogP contribution in [0.25, 0.3) is 0 Å². The van der Waals surface area contributed by atoms with Crippen molar-refractivity contribution in [3.05, 3.63) is 25.3 Å². The van der Waals surface area contributed by atoms with E-state index in [0.29, 0.717) is 0 Å². The van der Waals surface area contributed by atoms with Gasteiger partial charge in [-0.25, -0.2) is 4.98 Å². The van der Waals surface area contributed by atoms with Crippen LogP contribution in [0.5, 0.6) is 0 Å². The van der Waals surface area contributed by atoms with E-state index in [1.807, 2.05) is 17.8 Å². The number of aromatic nitrogens is 2. The molecule has 0 saturated heterocycles. The zero-order valence-corrected chi connectivity index (χ0v) is 5.46. The molecule has 1 aromatic heterocycles. The predicted octanol–water partition coefficient (Wildman–Crippen LogP) is 0.301. The minimum absolute atomic E-state index is 0.737. The van der Waals surface area contributed by atoms with Gasteiger partial charge in [-0.2, -0.15) is 0 Å². The third-order valence-corrected chi connectivity index (χ3v) is 1.06. The number of aryl methyl sites for hydroxylation is 1. The number of hydrogen-bond acceptors (Lipinski definition) is 2. The highest BCUT2D eigenvalue weighted by Gasteiger charge is 1.90. The van der Waals surface area contributed by atoms with Crippen molar-refractivity contribution >= 4 is 0 Å². The molecule has 1 radical (unpaired) electrons. The average Bonchev–Trinajstić information content (AvgIpc) is 2.17. The zero-order valence-electron chi connectivity index (χ0n) is 5.46. The van der Waals surface area contributed by atoms with Crippen molar-refractivity contribution in [1.29, 1.82) is 0 Å². The van der Waals surface area contributed by atoms with Crippen LogP contribution in [0.15, 0.2) is 12.5 Å². The van der Waals surface area contributed by atoms with E-state index in [0.717, 1.165) is 12.2 Å². The topological polar surface area (TPSA) is 29.9 Å². The van der Waals surface area contributed by atoms with Crippen LogP contribution < -0.4 is 5.32 Å². The molecule has 3 heteroatoms. The third kappa shape index (κ3) is 1.54. The molecule has 0 aromatic carbocycles. The first-order chi connectivity index (χ1) is 4.33. The molecule has 9 heavy (non-hydrogen) atoms. The zero-order chi connectivity index (χ0) is 6.69. The molecule has 0 fully saturated rings. The Morgan fingerprint density at radius 3 is 3.11 bits per heavy atom. The standard InChI is InChI=1S/C6H10N3/c1-7-3-6-4-9(2)5-8-6/h4-5,7H,1,3H2,2H3. The summed E-state index contributed by atoms with van der Waals surface area (Å²) >= 11 is 0. The number of imidazole rings is 1. The van der Waals surface area contributed by atoms with Crippen molar-refractivity contribution in [3.8, 4) is 0 Å². The molecule has 1 rings (SSSR count). The number of hydrogen-bond donors (Lipinski definition) is 1. The maximum absolute atomic E-state index is 4.07. The van der Waals surface area contributed by atoms with Gasteiger partial charge in [-0.15, -0.1) is 0 Å². The fourth-order valence-corrected chi connectivity index (χ4v) is 0.686. The van der Waals surface area contributed by atoms with Crippen LogP contribution >= 0.6 is 0 Å². The quantitative estimate of drug-likeness (QED) is 0.614. The first-order valence-electron chi connectivity index (χ1n) is 2.79. The van der Waals surface area contributed by atoms with Crippen LogP contribution in [-0.4, -0.2) is 9.55 Å². The van der Waals surface area contributed by atoms with E-state index in [1.165, 1.54) is 0 Å². The van der Waals surface area contributed by atoms with Gasteiger partial charge < -0.3 is 9.88 Å². The summed E-state index contributed by atoms with van der Waals surface area (Å²) in [5, 5.41) is 2.77. The average molecular weight is 124 g/mol. The second-order valence-corrected chi connectivity index (χ2v) is 1.96. The number of rotatable bonds is 2. The Morgan fingerprint density at radius 1 is 1.89 bits per heavy atom. The van der Waals surface area contributed by atoms with Crippen molar-refractivity contribution in [2.24, 2.45) is 7.05 Å². The largest absolute Gasteiger partial charge is 0.340 e. The monoisotopic (exact) mass is 124 g/mol. The van der Waals surface area contributed by atoms with Gasteiger partial charge in [0.1, 0.15) is 0 Å². The lowest BCUT2D eigenvalue weighted by Gasteiger charge is -1.89. The molecule has 1 N–H and O–H groups in total. The molecule has 0 saturated carbocycles. The minimum atomic E-state index is 0.737. The van der Waals surface area contributed by atoms with Gasteiger partial charge in [0.15, 0.2) is 0 Å². The van der Waals surface area contributed by atoms with E-state index in [1.54, 1.807) is 6.33 Å². The molecule has 0 spiro atoms. The number of nitrogens with zero attached hydrogens (tertiary/aromatic N) is 2. The van der Waals surface area contributed by atoms with Gasteiger partial charge in [-0.05, 0) is 0 Å². The normalized spacial score (nSPS) is 10.0. The van der Waals surface area contributed by atoms with Crippen molar-refractivity contribution in [2.45, 2.75) is 6.54 Å². The van der Waals surface area contributed by atoms with Crippen molar-refractivity contribution in [2.75, 3.05) is 0 Å². The van der Waals surface area contributed by atoms with Crippen LogP contribution in [0.4, 0.5) is 0 Å². The van der Waals surface area contributed by atoms with Gasteiger partial charge in [-0.3, -0.25) is 0 Å². The maximum Gasteiger partial charge on any atom is 0.0947 e. The van der Waals surface area contributed by atoms with Gasteiger partial charge in [0, 0.05) is 26.8 Å². The summed E-state index contributed by atoms with van der Waals surface area (Å²) < 4.78 is 1.91. The molecule has 0 bridgehead atoms. The highest BCUT2D eigenvalue weighted by molar-refractivity contribution is 4.94. The third-order valence-electron chi connectivity index (χ3n) is 1.06. The Bertz CT molecular complexity index is 180. The van der Waals surface area contributed by atoms with E-state index in [4.69, 9.17) is 0 Å². The summed E-state index contributed by atoms with van der Waals surface area (Å²) in [6.07, 6.45) is 3.73. The summed E-state index contributed by atoms with van der Waals surface area (Å²) in [4.78, 5) is 4.07. The lowest BCUT2D eigenvalue weighted by atomic mass is 10.5. The first-order valence-corrected chi connectivity index (χ1v) is 2.79. The van der Waals surface area contributed by atoms with Gasteiger partial charge in [0.05, 0.1) is 12.0 Å². The molecule has 1 heterocycles. The number of nitrogens with one attached hydrogen (secondary N) is 1. The highest BCUT2D eigenvalue weighted by atomic mass is 15.0. The summed E-state index contributed by atoms with van der Waals surface area (Å²) in [6.45, 7) is 0.737. The second kappa shape index (κ2) is 2.64. The van der Waals surface area contributed by atoms with Crippen LogP contribution in [0.2, 0.25) is 0 Å². The van der Waals surface area contributed by atoms with E-state index >= 15 is 0 Å². The van der Waals surface area contributed by atoms with Crippen LogP contribution in [0.1, 0.15) is 5.69 Å². The smallest absolute Gasteiger partial charge is 0.0947 e. The maximum atomic E-state index is 4.07. The highest BCUT2D eigenvalue weighted by Crippen LogP contribution is 1.91. The Balaban J connectivity index is 2.61. The summed E-state index contributed by atoms with van der Waals surface area (Å²) in [5.74, 6) is 0. The lowest BCUT2D eigenvalue weighted by molar-refractivity contribution is 0.837. The molecule has 0 amide bonds. The van der Waals surface area contributed by atoms with Crippen molar-refractivity contribution in [3.63, 3.8) is 0 Å². The lowest BCUT2D eigenvalue weighted by Crippen LogP contribution is -2.01. The fourth-order valence-electron chi connectivity index (χ4n) is 0.686. The van der Waals surface area contributed by atoms with Gasteiger partial charge in [-0.1, -0.05) is 0 Å². The molecule has 3 nitrogen and oxygen atoms in total. The van der Waals surface area contributed by atoms with Crippen LogP contribution in [-0.2, 0) is 13.6 Å². The molecule has 1 aromatic rings. The van der Waals surface area contributed by atoms with Gasteiger partial charge in [0.2, 0.25) is 0 Å². The fraction of sp³-hybridized carbons (Fsp3) is 0.333. The Morgan fingerprint density at radius 2 is 2.67 bits per heavy atom. The van der Waals surface area contributed by atoms with Gasteiger partial charge >= 0.3 is 0 Å². The Labute approximate surface area is 54.7 Å². The van der Waals surface area contributed by atoms with Crippen LogP contribution in [0, 0.1) is 7.05 Å². The Hall–Kier alpha value is -0.830.